The van der Waals surface area contributed by atoms with Crippen LogP contribution in [0.1, 0.15) is 33.8 Å². The summed E-state index contributed by atoms with van der Waals surface area (Å²) in [5.74, 6) is -1.41. The number of pyridine rings is 2. The van der Waals surface area contributed by atoms with Gasteiger partial charge in [0.25, 0.3) is 22.9 Å². The van der Waals surface area contributed by atoms with E-state index in [1.165, 1.54) is 44.7 Å². The molecule has 1 aliphatic heterocycles. The molecular weight excluding hydrogens is 771 g/mol. The van der Waals surface area contributed by atoms with Gasteiger partial charge in [-0.25, -0.2) is 8.78 Å². The largest absolute Gasteiger partial charge is 0.343 e. The number of hydrogen-bond acceptors (Lipinski definition) is 8. The van der Waals surface area contributed by atoms with Crippen LogP contribution >= 0.6 is 0 Å². The van der Waals surface area contributed by atoms with Crippen molar-refractivity contribution in [1.82, 2.24) is 48.5 Å². The first-order valence-electron chi connectivity index (χ1n) is 19.1. The van der Waals surface area contributed by atoms with Gasteiger partial charge in [0.1, 0.15) is 22.7 Å². The number of hydrogen-bond donors (Lipinski definition) is 0. The highest BCUT2D eigenvalue weighted by molar-refractivity contribution is 6.18. The number of fused-ring (bicyclic) bond motifs is 7. The molecule has 300 valence electrons. The molecule has 1 saturated heterocycles. The summed E-state index contributed by atoms with van der Waals surface area (Å²) in [5.41, 5.74) is 2.83. The second kappa shape index (κ2) is 14.6. The van der Waals surface area contributed by atoms with Crippen LogP contribution in [-0.4, -0.2) is 87.5 Å². The molecule has 60 heavy (non-hydrogen) atoms. The van der Waals surface area contributed by atoms with Crippen LogP contribution in [0.25, 0.3) is 65.9 Å². The van der Waals surface area contributed by atoms with Crippen LogP contribution in [-0.2, 0) is 14.1 Å². The zero-order valence-electron chi connectivity index (χ0n) is 32.9. The van der Waals surface area contributed by atoms with Crippen molar-refractivity contribution in [2.24, 2.45) is 14.1 Å². The van der Waals surface area contributed by atoms with Gasteiger partial charge in [-0.3, -0.25) is 29.1 Å². The van der Waals surface area contributed by atoms with Crippen molar-refractivity contribution in [1.29, 1.82) is 0 Å². The Morgan fingerprint density at radius 2 is 1.27 bits per heavy atom. The fourth-order valence-corrected chi connectivity index (χ4v) is 7.98. The zero-order valence-corrected chi connectivity index (χ0v) is 32.9. The molecule has 0 bridgehead atoms. The third-order valence-corrected chi connectivity index (χ3v) is 10.9. The predicted octanol–water partition coefficient (Wildman–Crippen LogP) is 5.91. The Morgan fingerprint density at radius 1 is 0.683 bits per heavy atom. The second-order valence-corrected chi connectivity index (χ2v) is 14.8. The molecule has 0 saturated carbocycles. The minimum Gasteiger partial charge on any atom is -0.343 e. The van der Waals surface area contributed by atoms with Crippen molar-refractivity contribution in [3.05, 3.63) is 141 Å². The quantitative estimate of drug-likeness (QED) is 0.213. The highest BCUT2D eigenvalue weighted by Crippen LogP contribution is 2.32. The SMILES string of the molecule is CN(C)C(=O)c1nn(-c2cnc3ccccc3c2)c(=O)c2c1c1ccc(F)cc1n2C.Cn1c2cc(F)ccc2c2c(C(=O)N3CCCC3)nn(-c3cccnc3)c(=O)c21. The van der Waals surface area contributed by atoms with E-state index in [0.29, 0.717) is 62.6 Å². The van der Waals surface area contributed by atoms with E-state index in [-0.39, 0.29) is 34.3 Å². The molecule has 9 aromatic rings. The number of carbonyl (C=O) groups excluding carboxylic acids is 2. The number of benzene rings is 3. The number of nitrogens with zero attached hydrogens (tertiary/aromatic N) is 10. The molecule has 10 rings (SSSR count). The molecule has 0 radical (unpaired) electrons. The molecule has 0 unspecified atom stereocenters. The molecule has 7 heterocycles. The lowest BCUT2D eigenvalue weighted by Crippen LogP contribution is -2.32. The zero-order chi connectivity index (χ0) is 42.0. The van der Waals surface area contributed by atoms with Crippen molar-refractivity contribution in [3.63, 3.8) is 0 Å². The Kier molecular flexibility index (Phi) is 9.25. The fourth-order valence-electron chi connectivity index (χ4n) is 7.98. The van der Waals surface area contributed by atoms with E-state index >= 15 is 0 Å². The van der Waals surface area contributed by atoms with Crippen LogP contribution < -0.4 is 11.1 Å². The maximum Gasteiger partial charge on any atom is 0.296 e. The molecule has 0 aliphatic carbocycles. The Morgan fingerprint density at radius 3 is 1.87 bits per heavy atom. The monoisotopic (exact) mass is 806 g/mol. The van der Waals surface area contributed by atoms with Crippen molar-refractivity contribution in [2.45, 2.75) is 12.8 Å². The van der Waals surface area contributed by atoms with Gasteiger partial charge in [-0.15, -0.1) is 0 Å². The minimum atomic E-state index is -0.425. The van der Waals surface area contributed by atoms with Gasteiger partial charge in [0.05, 0.1) is 40.3 Å². The van der Waals surface area contributed by atoms with Crippen LogP contribution in [0.4, 0.5) is 8.78 Å². The van der Waals surface area contributed by atoms with E-state index in [0.717, 1.165) is 23.7 Å². The van der Waals surface area contributed by atoms with E-state index in [2.05, 4.69) is 20.2 Å². The number of rotatable bonds is 4. The number of halogens is 2. The van der Waals surface area contributed by atoms with Gasteiger partial charge in [-0.05, 0) is 73.5 Å². The van der Waals surface area contributed by atoms with E-state index in [1.54, 1.807) is 85.0 Å². The van der Waals surface area contributed by atoms with Gasteiger partial charge < -0.3 is 18.9 Å². The van der Waals surface area contributed by atoms with Crippen LogP contribution in [0.5, 0.6) is 0 Å². The summed E-state index contributed by atoms with van der Waals surface area (Å²) in [5, 5.41) is 11.9. The topological polar surface area (TPSA) is 146 Å². The van der Waals surface area contributed by atoms with Crippen molar-refractivity contribution < 1.29 is 18.4 Å². The highest BCUT2D eigenvalue weighted by atomic mass is 19.1. The molecule has 0 spiro atoms. The van der Waals surface area contributed by atoms with E-state index < -0.39 is 17.2 Å². The molecule has 16 heteroatoms. The number of aryl methyl sites for hydroxylation is 2. The fraction of sp³-hybridized carbons (Fsp3) is 0.182. The first kappa shape index (κ1) is 37.9. The number of amides is 2. The van der Waals surface area contributed by atoms with Crippen LogP contribution in [0.15, 0.2) is 107 Å². The summed E-state index contributed by atoms with van der Waals surface area (Å²) in [6.45, 7) is 1.32. The van der Waals surface area contributed by atoms with Crippen LogP contribution in [0, 0.1) is 11.6 Å². The van der Waals surface area contributed by atoms with Crippen molar-refractivity contribution in [2.75, 3.05) is 27.2 Å². The van der Waals surface area contributed by atoms with Gasteiger partial charge in [0, 0.05) is 74.4 Å². The normalized spacial score (nSPS) is 12.8. The first-order chi connectivity index (χ1) is 28.9. The Balaban J connectivity index is 0.000000154. The highest BCUT2D eigenvalue weighted by Gasteiger charge is 2.29. The lowest BCUT2D eigenvalue weighted by atomic mass is 10.1. The molecule has 1 aliphatic rings. The molecule has 1 fully saturated rings. The van der Waals surface area contributed by atoms with Crippen LogP contribution in [0.2, 0.25) is 0 Å². The molecule has 6 aromatic heterocycles. The summed E-state index contributed by atoms with van der Waals surface area (Å²) in [7, 11) is 6.61. The molecule has 14 nitrogen and oxygen atoms in total. The Labute approximate surface area is 339 Å². The molecule has 0 N–H and O–H groups in total. The van der Waals surface area contributed by atoms with Crippen LogP contribution in [0.3, 0.4) is 0 Å². The smallest absolute Gasteiger partial charge is 0.296 e. The number of aromatic nitrogens is 8. The lowest BCUT2D eigenvalue weighted by Gasteiger charge is -2.16. The van der Waals surface area contributed by atoms with Gasteiger partial charge in [-0.1, -0.05) is 18.2 Å². The summed E-state index contributed by atoms with van der Waals surface area (Å²) >= 11 is 0. The summed E-state index contributed by atoms with van der Waals surface area (Å²) < 4.78 is 33.5. The Hall–Kier alpha value is -7.62. The Bertz CT molecular complexity index is 3350. The summed E-state index contributed by atoms with van der Waals surface area (Å²) in [6.07, 6.45) is 6.56. The van der Waals surface area contributed by atoms with Crippen molar-refractivity contribution in [3.8, 4) is 11.4 Å². The lowest BCUT2D eigenvalue weighted by molar-refractivity contribution is 0.0786. The standard InChI is InChI=1S/C23H18FN5O2.C21H18FN5O2/c1-27(2)22(30)20-19-16-9-8-14(24)11-18(16)28(3)21(19)23(31)29(26-20)15-10-13-6-4-5-7-17(13)25-12-15;1-25-16-11-13(22)6-7-15(16)17-18(20(28)26-9-2-3-10-26)24-27(21(29)19(17)25)14-5-4-8-23-12-14/h4-12H,1-3H3;4-8,11-12H,2-3,9-10H2,1H3. The van der Waals surface area contributed by atoms with Gasteiger partial charge in [0.2, 0.25) is 0 Å². The molecular formula is C44H36F2N10O4. The first-order valence-corrected chi connectivity index (χ1v) is 19.1. The maximum absolute atomic E-state index is 13.9. The molecule has 3 aromatic carbocycles. The molecule has 0 atom stereocenters. The average Bonchev–Trinajstić information content (AvgIpc) is 3.97. The van der Waals surface area contributed by atoms with E-state index in [9.17, 15) is 28.0 Å². The average molecular weight is 807 g/mol. The summed E-state index contributed by atoms with van der Waals surface area (Å²) in [4.78, 5) is 64.8. The van der Waals surface area contributed by atoms with E-state index in [1.807, 2.05) is 24.3 Å². The predicted molar refractivity (Wildman–Crippen MR) is 224 cm³/mol. The van der Waals surface area contributed by atoms with Gasteiger partial charge in [0.15, 0.2) is 11.4 Å². The number of likely N-dealkylation sites (tertiary alicyclic amines) is 1. The summed E-state index contributed by atoms with van der Waals surface area (Å²) in [6, 6.07) is 21.3. The molecule has 2 amide bonds. The maximum atomic E-state index is 13.9. The van der Waals surface area contributed by atoms with Gasteiger partial charge in [-0.2, -0.15) is 19.6 Å². The number of para-hydroxylation sites is 1. The third-order valence-electron chi connectivity index (χ3n) is 10.9. The number of carbonyl (C=O) groups is 2. The van der Waals surface area contributed by atoms with Crippen molar-refractivity contribution >= 4 is 66.3 Å². The third kappa shape index (κ3) is 6.15. The minimum absolute atomic E-state index is 0.116. The second-order valence-electron chi connectivity index (χ2n) is 14.8. The van der Waals surface area contributed by atoms with Gasteiger partial charge >= 0.3 is 0 Å². The van der Waals surface area contributed by atoms with E-state index in [4.69, 9.17) is 0 Å².